The van der Waals surface area contributed by atoms with Gasteiger partial charge in [0.25, 0.3) is 0 Å². The van der Waals surface area contributed by atoms with Crippen molar-refractivity contribution in [3.8, 4) is 11.5 Å². The number of likely N-dealkylation sites (tertiary alicyclic amines) is 1. The predicted octanol–water partition coefficient (Wildman–Crippen LogP) is 4.17. The standard InChI is InChI=1S/C22H28ClNO3/c1-26-20-13-19(23)12-18(21(20)27-2)15-24-10-8-22(16-25,9-11-24)14-17-6-4-3-5-7-17/h3-7,12-13,25H,8-11,14-16H2,1-2H3. The molecule has 0 saturated carbocycles. The number of aliphatic hydroxyl groups is 1. The lowest BCUT2D eigenvalue weighted by atomic mass is 9.74. The Hall–Kier alpha value is -1.75. The lowest BCUT2D eigenvalue weighted by Crippen LogP contribution is -2.42. The number of nitrogens with zero attached hydrogens (tertiary/aromatic N) is 1. The minimum Gasteiger partial charge on any atom is -0.493 e. The Labute approximate surface area is 166 Å². The van der Waals surface area contributed by atoms with Crippen molar-refractivity contribution in [3.63, 3.8) is 0 Å². The zero-order valence-corrected chi connectivity index (χ0v) is 16.8. The maximum atomic E-state index is 10.1. The number of rotatable bonds is 7. The van der Waals surface area contributed by atoms with Crippen molar-refractivity contribution in [3.05, 3.63) is 58.6 Å². The van der Waals surface area contributed by atoms with Crippen LogP contribution in [0.5, 0.6) is 11.5 Å². The first-order valence-corrected chi connectivity index (χ1v) is 9.74. The van der Waals surface area contributed by atoms with Crippen molar-refractivity contribution >= 4 is 11.6 Å². The van der Waals surface area contributed by atoms with Crippen LogP contribution in [-0.2, 0) is 13.0 Å². The molecule has 1 fully saturated rings. The molecule has 1 N–H and O–H groups in total. The van der Waals surface area contributed by atoms with Gasteiger partial charge in [-0.3, -0.25) is 4.90 Å². The van der Waals surface area contributed by atoms with Crippen LogP contribution in [0.15, 0.2) is 42.5 Å². The highest BCUT2D eigenvalue weighted by Gasteiger charge is 2.34. The number of piperidine rings is 1. The van der Waals surface area contributed by atoms with Crippen LogP contribution >= 0.6 is 11.6 Å². The molecular weight excluding hydrogens is 362 g/mol. The normalized spacial score (nSPS) is 16.9. The van der Waals surface area contributed by atoms with Gasteiger partial charge >= 0.3 is 0 Å². The quantitative estimate of drug-likeness (QED) is 0.771. The summed E-state index contributed by atoms with van der Waals surface area (Å²) in [6, 6.07) is 14.2. The van der Waals surface area contributed by atoms with Gasteiger partial charge < -0.3 is 14.6 Å². The molecule has 0 spiro atoms. The molecule has 1 aliphatic heterocycles. The Morgan fingerprint density at radius 1 is 1.07 bits per heavy atom. The summed E-state index contributed by atoms with van der Waals surface area (Å²) in [4.78, 5) is 2.40. The van der Waals surface area contributed by atoms with E-state index >= 15 is 0 Å². The Morgan fingerprint density at radius 3 is 2.37 bits per heavy atom. The summed E-state index contributed by atoms with van der Waals surface area (Å²) in [6.45, 7) is 2.85. The highest BCUT2D eigenvalue weighted by molar-refractivity contribution is 6.30. The van der Waals surface area contributed by atoms with Gasteiger partial charge in [-0.2, -0.15) is 0 Å². The summed E-state index contributed by atoms with van der Waals surface area (Å²) in [5.41, 5.74) is 2.29. The minimum absolute atomic E-state index is 0.0338. The first-order chi connectivity index (χ1) is 13.1. The van der Waals surface area contributed by atoms with E-state index in [2.05, 4.69) is 29.2 Å². The molecule has 2 aromatic carbocycles. The van der Waals surface area contributed by atoms with Gasteiger partial charge in [-0.25, -0.2) is 0 Å². The molecule has 0 atom stereocenters. The van der Waals surface area contributed by atoms with E-state index in [1.54, 1.807) is 20.3 Å². The Morgan fingerprint density at radius 2 is 1.78 bits per heavy atom. The van der Waals surface area contributed by atoms with Gasteiger partial charge in [-0.05, 0) is 49.4 Å². The maximum Gasteiger partial charge on any atom is 0.165 e. The summed E-state index contributed by atoms with van der Waals surface area (Å²) in [7, 11) is 3.28. The lowest BCUT2D eigenvalue weighted by molar-refractivity contribution is 0.0411. The molecule has 4 nitrogen and oxygen atoms in total. The molecule has 2 aromatic rings. The smallest absolute Gasteiger partial charge is 0.165 e. The topological polar surface area (TPSA) is 41.9 Å². The number of aliphatic hydroxyl groups excluding tert-OH is 1. The first-order valence-electron chi connectivity index (χ1n) is 9.37. The van der Waals surface area contributed by atoms with E-state index in [1.807, 2.05) is 12.1 Å². The SMILES string of the molecule is COc1cc(Cl)cc(CN2CCC(CO)(Cc3ccccc3)CC2)c1OC. The largest absolute Gasteiger partial charge is 0.493 e. The van der Waals surface area contributed by atoms with Crippen LogP contribution in [0.25, 0.3) is 0 Å². The molecule has 0 aromatic heterocycles. The minimum atomic E-state index is -0.0338. The van der Waals surface area contributed by atoms with Crippen LogP contribution in [0.2, 0.25) is 5.02 Å². The fourth-order valence-electron chi connectivity index (χ4n) is 3.97. The summed E-state index contributed by atoms with van der Waals surface area (Å²) in [6.07, 6.45) is 2.86. The van der Waals surface area contributed by atoms with Crippen molar-refractivity contribution in [1.82, 2.24) is 4.90 Å². The summed E-state index contributed by atoms with van der Waals surface area (Å²) >= 11 is 6.25. The first kappa shape index (κ1) is 20.0. The van der Waals surface area contributed by atoms with Gasteiger partial charge in [-0.15, -0.1) is 0 Å². The number of halogens is 1. The van der Waals surface area contributed by atoms with Crippen molar-refractivity contribution in [1.29, 1.82) is 0 Å². The second-order valence-electron chi connectivity index (χ2n) is 7.40. The van der Waals surface area contributed by atoms with E-state index in [1.165, 1.54) is 5.56 Å². The van der Waals surface area contributed by atoms with E-state index in [0.29, 0.717) is 10.8 Å². The molecule has 0 radical (unpaired) electrons. The van der Waals surface area contributed by atoms with E-state index in [0.717, 1.165) is 50.2 Å². The Kier molecular flexibility index (Phi) is 6.64. The fourth-order valence-corrected chi connectivity index (χ4v) is 4.20. The molecule has 0 amide bonds. The Balaban J connectivity index is 1.68. The van der Waals surface area contributed by atoms with Crippen LogP contribution < -0.4 is 9.47 Å². The molecule has 1 saturated heterocycles. The van der Waals surface area contributed by atoms with Crippen LogP contribution in [0.4, 0.5) is 0 Å². The van der Waals surface area contributed by atoms with Gasteiger partial charge in [-0.1, -0.05) is 41.9 Å². The Bertz CT molecular complexity index is 743. The van der Waals surface area contributed by atoms with E-state index < -0.39 is 0 Å². The fraction of sp³-hybridized carbons (Fsp3) is 0.455. The zero-order chi connectivity index (χ0) is 19.3. The van der Waals surface area contributed by atoms with Crippen molar-refractivity contribution in [2.75, 3.05) is 33.9 Å². The van der Waals surface area contributed by atoms with Crippen LogP contribution in [0.3, 0.4) is 0 Å². The molecule has 27 heavy (non-hydrogen) atoms. The molecule has 5 heteroatoms. The maximum absolute atomic E-state index is 10.1. The lowest BCUT2D eigenvalue weighted by Gasteiger charge is -2.41. The summed E-state index contributed by atoms with van der Waals surface area (Å²) < 4.78 is 11.0. The molecule has 0 aliphatic carbocycles. The van der Waals surface area contributed by atoms with E-state index in [-0.39, 0.29) is 12.0 Å². The second kappa shape index (κ2) is 8.96. The van der Waals surface area contributed by atoms with Gasteiger partial charge in [0.2, 0.25) is 0 Å². The number of methoxy groups -OCH3 is 2. The van der Waals surface area contributed by atoms with Crippen molar-refractivity contribution in [2.45, 2.75) is 25.8 Å². The summed E-state index contributed by atoms with van der Waals surface area (Å²) in [5.74, 6) is 1.40. The van der Waals surface area contributed by atoms with E-state index in [9.17, 15) is 5.11 Å². The van der Waals surface area contributed by atoms with Crippen LogP contribution in [0.1, 0.15) is 24.0 Å². The van der Waals surface area contributed by atoms with Gasteiger partial charge in [0.15, 0.2) is 11.5 Å². The summed E-state index contributed by atoms with van der Waals surface area (Å²) in [5, 5.41) is 10.7. The molecule has 0 bridgehead atoms. The molecule has 146 valence electrons. The molecular formula is C22H28ClNO3. The average molecular weight is 390 g/mol. The van der Waals surface area contributed by atoms with Crippen LogP contribution in [0, 0.1) is 5.41 Å². The molecule has 0 unspecified atom stereocenters. The third-order valence-electron chi connectivity index (χ3n) is 5.59. The third-order valence-corrected chi connectivity index (χ3v) is 5.81. The molecule has 1 aliphatic rings. The zero-order valence-electron chi connectivity index (χ0n) is 16.1. The molecule has 3 rings (SSSR count). The van der Waals surface area contributed by atoms with E-state index in [4.69, 9.17) is 21.1 Å². The van der Waals surface area contributed by atoms with Crippen LogP contribution in [-0.4, -0.2) is 43.9 Å². The van der Waals surface area contributed by atoms with Gasteiger partial charge in [0, 0.05) is 29.8 Å². The molecule has 1 heterocycles. The third kappa shape index (κ3) is 4.75. The van der Waals surface area contributed by atoms with Gasteiger partial charge in [0.05, 0.1) is 14.2 Å². The average Bonchev–Trinajstić information content (AvgIpc) is 2.70. The predicted molar refractivity (Wildman–Crippen MR) is 109 cm³/mol. The number of hydrogen-bond acceptors (Lipinski definition) is 4. The number of ether oxygens (including phenoxy) is 2. The van der Waals surface area contributed by atoms with Crippen molar-refractivity contribution in [2.24, 2.45) is 5.41 Å². The second-order valence-corrected chi connectivity index (χ2v) is 7.83. The number of hydrogen-bond donors (Lipinski definition) is 1. The highest BCUT2D eigenvalue weighted by Crippen LogP contribution is 2.38. The van der Waals surface area contributed by atoms with Crippen molar-refractivity contribution < 1.29 is 14.6 Å². The van der Waals surface area contributed by atoms with Gasteiger partial charge in [0.1, 0.15) is 0 Å². The highest BCUT2D eigenvalue weighted by atomic mass is 35.5. The number of benzene rings is 2. The monoisotopic (exact) mass is 389 g/mol.